The number of anilines is 1. The standard InChI is InChI=1S/C16H20ClN3O/c1-3-21-15(11-7-5-4-6-8-11)14(19-2)13-9-12(17)10-20-16(13)18/h4-10,14-15,19H,3H2,1-2H3,(H2,18,20). The third kappa shape index (κ3) is 3.73. The number of nitrogen functional groups attached to an aromatic ring is 1. The van der Waals surface area contributed by atoms with Gasteiger partial charge in [0.15, 0.2) is 0 Å². The Hall–Kier alpha value is -1.62. The molecule has 5 heteroatoms. The Labute approximate surface area is 130 Å². The lowest BCUT2D eigenvalue weighted by Crippen LogP contribution is -2.27. The molecule has 3 N–H and O–H groups in total. The normalized spacial score (nSPS) is 13.9. The summed E-state index contributed by atoms with van der Waals surface area (Å²) in [5.41, 5.74) is 7.93. The van der Waals surface area contributed by atoms with Crippen molar-refractivity contribution in [1.29, 1.82) is 0 Å². The Morgan fingerprint density at radius 1 is 1.33 bits per heavy atom. The van der Waals surface area contributed by atoms with Crippen LogP contribution in [0.1, 0.15) is 30.2 Å². The van der Waals surface area contributed by atoms with Crippen LogP contribution < -0.4 is 11.1 Å². The number of likely N-dealkylation sites (N-methyl/N-ethyl adjacent to an activating group) is 1. The number of aromatic nitrogens is 1. The van der Waals surface area contributed by atoms with Gasteiger partial charge in [-0.2, -0.15) is 0 Å². The van der Waals surface area contributed by atoms with Gasteiger partial charge in [0, 0.05) is 18.4 Å². The summed E-state index contributed by atoms with van der Waals surface area (Å²) >= 11 is 6.06. The Bertz CT molecular complexity index is 577. The van der Waals surface area contributed by atoms with Crippen LogP contribution in [0.25, 0.3) is 0 Å². The van der Waals surface area contributed by atoms with Crippen molar-refractivity contribution in [3.05, 3.63) is 58.7 Å². The van der Waals surface area contributed by atoms with E-state index in [1.165, 1.54) is 0 Å². The van der Waals surface area contributed by atoms with Crippen LogP contribution >= 0.6 is 11.6 Å². The van der Waals surface area contributed by atoms with Crippen LogP contribution in [0, 0.1) is 0 Å². The Balaban J connectivity index is 2.43. The van der Waals surface area contributed by atoms with Gasteiger partial charge in [-0.05, 0) is 25.6 Å². The minimum atomic E-state index is -0.163. The van der Waals surface area contributed by atoms with Gasteiger partial charge in [0.25, 0.3) is 0 Å². The summed E-state index contributed by atoms with van der Waals surface area (Å²) in [6, 6.07) is 11.8. The van der Waals surface area contributed by atoms with Gasteiger partial charge < -0.3 is 15.8 Å². The smallest absolute Gasteiger partial charge is 0.128 e. The molecule has 2 rings (SSSR count). The van der Waals surface area contributed by atoms with Crippen LogP contribution in [0.3, 0.4) is 0 Å². The molecule has 0 saturated heterocycles. The van der Waals surface area contributed by atoms with Crippen molar-refractivity contribution in [2.24, 2.45) is 0 Å². The Morgan fingerprint density at radius 3 is 2.67 bits per heavy atom. The summed E-state index contributed by atoms with van der Waals surface area (Å²) in [6.07, 6.45) is 1.38. The molecular weight excluding hydrogens is 286 g/mol. The van der Waals surface area contributed by atoms with Crippen LogP contribution in [0.2, 0.25) is 5.02 Å². The largest absolute Gasteiger partial charge is 0.383 e. The first-order valence-corrected chi connectivity index (χ1v) is 7.29. The molecule has 21 heavy (non-hydrogen) atoms. The molecule has 0 fully saturated rings. The minimum Gasteiger partial charge on any atom is -0.383 e. The monoisotopic (exact) mass is 305 g/mol. The van der Waals surface area contributed by atoms with Crippen molar-refractivity contribution in [1.82, 2.24) is 10.3 Å². The highest BCUT2D eigenvalue weighted by Gasteiger charge is 2.26. The van der Waals surface area contributed by atoms with Gasteiger partial charge in [-0.1, -0.05) is 41.9 Å². The molecule has 2 atom stereocenters. The van der Waals surface area contributed by atoms with E-state index in [1.54, 1.807) is 6.20 Å². The van der Waals surface area contributed by atoms with Crippen molar-refractivity contribution in [3.8, 4) is 0 Å². The SMILES string of the molecule is CCOC(c1ccccc1)C(NC)c1cc(Cl)cnc1N. The maximum Gasteiger partial charge on any atom is 0.128 e. The second kappa shape index (κ2) is 7.41. The molecule has 0 aliphatic carbocycles. The third-order valence-corrected chi connectivity index (χ3v) is 3.55. The van der Waals surface area contributed by atoms with E-state index in [-0.39, 0.29) is 12.1 Å². The van der Waals surface area contributed by atoms with Crippen molar-refractivity contribution >= 4 is 17.4 Å². The number of ether oxygens (including phenoxy) is 1. The minimum absolute atomic E-state index is 0.126. The van der Waals surface area contributed by atoms with Gasteiger partial charge in [-0.3, -0.25) is 0 Å². The molecule has 0 radical (unpaired) electrons. The van der Waals surface area contributed by atoms with Gasteiger partial charge in [0.1, 0.15) is 11.9 Å². The van der Waals surface area contributed by atoms with Crippen molar-refractivity contribution in [2.75, 3.05) is 19.4 Å². The van der Waals surface area contributed by atoms with Crippen LogP contribution in [-0.4, -0.2) is 18.6 Å². The van der Waals surface area contributed by atoms with E-state index in [4.69, 9.17) is 22.1 Å². The van der Waals surface area contributed by atoms with E-state index in [2.05, 4.69) is 10.3 Å². The summed E-state index contributed by atoms with van der Waals surface area (Å²) in [7, 11) is 1.87. The molecule has 0 aliphatic heterocycles. The number of halogens is 1. The number of benzene rings is 1. The Kier molecular flexibility index (Phi) is 5.56. The summed E-state index contributed by atoms with van der Waals surface area (Å²) in [4.78, 5) is 4.13. The molecule has 0 amide bonds. The number of nitrogens with two attached hydrogens (primary N) is 1. The van der Waals surface area contributed by atoms with E-state index in [0.29, 0.717) is 17.4 Å². The first-order chi connectivity index (χ1) is 10.2. The summed E-state index contributed by atoms with van der Waals surface area (Å²) in [5.74, 6) is 0.458. The van der Waals surface area contributed by atoms with Gasteiger partial charge in [0.05, 0.1) is 11.1 Å². The maximum absolute atomic E-state index is 6.06. The highest BCUT2D eigenvalue weighted by atomic mass is 35.5. The van der Waals surface area contributed by atoms with Crippen molar-refractivity contribution in [3.63, 3.8) is 0 Å². The van der Waals surface area contributed by atoms with Gasteiger partial charge in [0.2, 0.25) is 0 Å². The average molecular weight is 306 g/mol. The molecular formula is C16H20ClN3O. The topological polar surface area (TPSA) is 60.2 Å². The summed E-state index contributed by atoms with van der Waals surface area (Å²) in [6.45, 7) is 2.58. The quantitative estimate of drug-likeness (QED) is 0.859. The predicted octanol–water partition coefficient (Wildman–Crippen LogP) is 3.36. The summed E-state index contributed by atoms with van der Waals surface area (Å²) < 4.78 is 5.94. The van der Waals surface area contributed by atoms with Crippen LogP contribution in [0.5, 0.6) is 0 Å². The molecule has 0 bridgehead atoms. The average Bonchev–Trinajstić information content (AvgIpc) is 2.51. The summed E-state index contributed by atoms with van der Waals surface area (Å²) in [5, 5.41) is 3.82. The van der Waals surface area contributed by atoms with E-state index in [9.17, 15) is 0 Å². The molecule has 112 valence electrons. The number of nitrogens with zero attached hydrogens (tertiary/aromatic N) is 1. The fraction of sp³-hybridized carbons (Fsp3) is 0.312. The highest BCUT2D eigenvalue weighted by Crippen LogP contribution is 2.34. The molecule has 0 spiro atoms. The number of rotatable bonds is 6. The zero-order valence-electron chi connectivity index (χ0n) is 12.2. The second-order valence-electron chi connectivity index (χ2n) is 4.68. The zero-order chi connectivity index (χ0) is 15.2. The van der Waals surface area contributed by atoms with E-state index in [0.717, 1.165) is 11.1 Å². The van der Waals surface area contributed by atoms with Gasteiger partial charge >= 0.3 is 0 Å². The van der Waals surface area contributed by atoms with Crippen LogP contribution in [0.15, 0.2) is 42.6 Å². The number of nitrogens with one attached hydrogen (secondary N) is 1. The first kappa shape index (κ1) is 15.8. The lowest BCUT2D eigenvalue weighted by Gasteiger charge is -2.28. The molecule has 1 aromatic heterocycles. The number of hydrogen-bond acceptors (Lipinski definition) is 4. The van der Waals surface area contributed by atoms with Gasteiger partial charge in [-0.15, -0.1) is 0 Å². The van der Waals surface area contributed by atoms with Crippen LogP contribution in [-0.2, 0) is 4.74 Å². The third-order valence-electron chi connectivity index (χ3n) is 3.34. The Morgan fingerprint density at radius 2 is 2.05 bits per heavy atom. The molecule has 0 aliphatic rings. The first-order valence-electron chi connectivity index (χ1n) is 6.92. The lowest BCUT2D eigenvalue weighted by atomic mass is 9.96. The fourth-order valence-electron chi connectivity index (χ4n) is 2.39. The zero-order valence-corrected chi connectivity index (χ0v) is 13.0. The van der Waals surface area contributed by atoms with E-state index >= 15 is 0 Å². The lowest BCUT2D eigenvalue weighted by molar-refractivity contribution is 0.0348. The number of pyridine rings is 1. The number of hydrogen-bond donors (Lipinski definition) is 2. The molecule has 4 nitrogen and oxygen atoms in total. The maximum atomic E-state index is 6.06. The highest BCUT2D eigenvalue weighted by molar-refractivity contribution is 6.30. The van der Waals surface area contributed by atoms with Crippen molar-refractivity contribution in [2.45, 2.75) is 19.1 Å². The van der Waals surface area contributed by atoms with Crippen LogP contribution in [0.4, 0.5) is 5.82 Å². The van der Waals surface area contributed by atoms with Gasteiger partial charge in [-0.25, -0.2) is 4.98 Å². The van der Waals surface area contributed by atoms with E-state index < -0.39 is 0 Å². The van der Waals surface area contributed by atoms with Crippen molar-refractivity contribution < 1.29 is 4.74 Å². The fourth-order valence-corrected chi connectivity index (χ4v) is 2.56. The second-order valence-corrected chi connectivity index (χ2v) is 5.12. The van der Waals surface area contributed by atoms with E-state index in [1.807, 2.05) is 50.4 Å². The molecule has 0 saturated carbocycles. The molecule has 1 aromatic carbocycles. The molecule has 2 unspecified atom stereocenters. The predicted molar refractivity (Wildman–Crippen MR) is 86.3 cm³/mol. The molecule has 2 aromatic rings. The molecule has 1 heterocycles.